The molecule has 0 radical (unpaired) electrons. The fraction of sp³-hybridized carbons (Fsp3) is 0.389. The molecule has 1 amide bonds. The summed E-state index contributed by atoms with van der Waals surface area (Å²) in [6, 6.07) is 12.0. The third-order valence-corrected chi connectivity index (χ3v) is 4.71. The van der Waals surface area contributed by atoms with Crippen LogP contribution in [0.25, 0.3) is 10.8 Å². The maximum Gasteiger partial charge on any atom is 0.494 e. The molecule has 5 heteroatoms. The number of hydrogen-bond acceptors (Lipinski definition) is 3. The number of hydrogen-bond donors (Lipinski definition) is 1. The lowest BCUT2D eigenvalue weighted by Gasteiger charge is -2.32. The van der Waals surface area contributed by atoms with E-state index in [1.54, 1.807) is 0 Å². The summed E-state index contributed by atoms with van der Waals surface area (Å²) in [5, 5.41) is 4.96. The van der Waals surface area contributed by atoms with E-state index in [-0.39, 0.29) is 24.2 Å². The summed E-state index contributed by atoms with van der Waals surface area (Å²) in [5.41, 5.74) is 1.11. The van der Waals surface area contributed by atoms with Crippen molar-refractivity contribution in [2.24, 2.45) is 0 Å². The lowest BCUT2D eigenvalue weighted by Crippen LogP contribution is -2.41. The SMILES string of the molecule is CC(=O)Nc1ccc2cc(B3OC(C)(C)C(C)(C)O3)ccc2c1. The van der Waals surface area contributed by atoms with Crippen LogP contribution in [-0.4, -0.2) is 24.2 Å². The van der Waals surface area contributed by atoms with Crippen molar-refractivity contribution < 1.29 is 14.1 Å². The van der Waals surface area contributed by atoms with E-state index in [1.807, 2.05) is 58.0 Å². The summed E-state index contributed by atoms with van der Waals surface area (Å²) >= 11 is 0. The number of anilines is 1. The molecule has 1 aliphatic heterocycles. The van der Waals surface area contributed by atoms with E-state index in [4.69, 9.17) is 9.31 Å². The maximum atomic E-state index is 11.2. The fourth-order valence-electron chi connectivity index (χ4n) is 2.67. The van der Waals surface area contributed by atoms with Gasteiger partial charge in [0.05, 0.1) is 11.2 Å². The van der Waals surface area contributed by atoms with Crippen LogP contribution in [-0.2, 0) is 14.1 Å². The second-order valence-electron chi connectivity index (χ2n) is 7.09. The third kappa shape index (κ3) is 2.99. The van der Waals surface area contributed by atoms with Gasteiger partial charge in [0, 0.05) is 12.6 Å². The largest absolute Gasteiger partial charge is 0.494 e. The predicted octanol–water partition coefficient (Wildman–Crippen LogP) is 3.10. The van der Waals surface area contributed by atoms with Gasteiger partial charge in [-0.2, -0.15) is 0 Å². The molecular weight excluding hydrogens is 289 g/mol. The Labute approximate surface area is 137 Å². The quantitative estimate of drug-likeness (QED) is 0.867. The van der Waals surface area contributed by atoms with Crippen LogP contribution in [0.5, 0.6) is 0 Å². The monoisotopic (exact) mass is 311 g/mol. The standard InChI is InChI=1S/C18H22BNO3/c1-12(21)20-16-9-7-13-10-15(8-6-14(13)11-16)19-22-17(2,3)18(4,5)23-19/h6-11H,1-5H3,(H,20,21). The molecule has 23 heavy (non-hydrogen) atoms. The summed E-state index contributed by atoms with van der Waals surface area (Å²) in [5.74, 6) is -0.0711. The second kappa shape index (κ2) is 5.36. The van der Waals surface area contributed by atoms with Crippen LogP contribution in [0.2, 0.25) is 0 Å². The smallest absolute Gasteiger partial charge is 0.399 e. The molecule has 1 N–H and O–H groups in total. The van der Waals surface area contributed by atoms with Crippen LogP contribution in [0.4, 0.5) is 5.69 Å². The Morgan fingerprint density at radius 2 is 1.52 bits per heavy atom. The van der Waals surface area contributed by atoms with Crippen molar-refractivity contribution in [1.82, 2.24) is 0 Å². The number of rotatable bonds is 2. The Morgan fingerprint density at radius 3 is 2.13 bits per heavy atom. The average molecular weight is 311 g/mol. The summed E-state index contributed by atoms with van der Waals surface area (Å²) in [6.07, 6.45) is 0. The van der Waals surface area contributed by atoms with E-state index in [9.17, 15) is 4.79 Å². The van der Waals surface area contributed by atoms with Crippen molar-refractivity contribution in [3.8, 4) is 0 Å². The minimum Gasteiger partial charge on any atom is -0.399 e. The van der Waals surface area contributed by atoms with Crippen molar-refractivity contribution >= 4 is 34.9 Å². The summed E-state index contributed by atoms with van der Waals surface area (Å²) in [7, 11) is -0.362. The number of fused-ring (bicyclic) bond motifs is 1. The van der Waals surface area contributed by atoms with Gasteiger partial charge >= 0.3 is 7.12 Å². The van der Waals surface area contributed by atoms with Gasteiger partial charge in [0.25, 0.3) is 0 Å². The number of nitrogens with one attached hydrogen (secondary N) is 1. The van der Waals surface area contributed by atoms with E-state index in [0.717, 1.165) is 21.9 Å². The molecule has 3 rings (SSSR count). The van der Waals surface area contributed by atoms with Gasteiger partial charge in [-0.15, -0.1) is 0 Å². The number of amides is 1. The summed E-state index contributed by atoms with van der Waals surface area (Å²) in [6.45, 7) is 9.70. The van der Waals surface area contributed by atoms with E-state index >= 15 is 0 Å². The lowest BCUT2D eigenvalue weighted by atomic mass is 9.78. The molecule has 0 spiro atoms. The topological polar surface area (TPSA) is 47.6 Å². The van der Waals surface area contributed by atoms with Gasteiger partial charge in [-0.25, -0.2) is 0 Å². The molecule has 0 unspecified atom stereocenters. The molecule has 4 nitrogen and oxygen atoms in total. The van der Waals surface area contributed by atoms with Crippen molar-refractivity contribution in [3.63, 3.8) is 0 Å². The Kier molecular flexibility index (Phi) is 3.73. The van der Waals surface area contributed by atoms with Crippen LogP contribution in [0.1, 0.15) is 34.6 Å². The zero-order valence-corrected chi connectivity index (χ0v) is 14.3. The first kappa shape index (κ1) is 16.0. The highest BCUT2D eigenvalue weighted by atomic mass is 16.7. The zero-order chi connectivity index (χ0) is 16.8. The first-order valence-corrected chi connectivity index (χ1v) is 7.85. The molecule has 0 bridgehead atoms. The molecule has 2 aromatic carbocycles. The van der Waals surface area contributed by atoms with Crippen molar-refractivity contribution in [2.75, 3.05) is 5.32 Å². The van der Waals surface area contributed by atoms with E-state index < -0.39 is 0 Å². The van der Waals surface area contributed by atoms with Gasteiger partial charge < -0.3 is 14.6 Å². The average Bonchev–Trinajstić information content (AvgIpc) is 2.66. The lowest BCUT2D eigenvalue weighted by molar-refractivity contribution is -0.114. The second-order valence-corrected chi connectivity index (χ2v) is 7.09. The van der Waals surface area contributed by atoms with Gasteiger partial charge in [-0.1, -0.05) is 24.3 Å². The number of carbonyl (C=O) groups is 1. The fourth-order valence-corrected chi connectivity index (χ4v) is 2.67. The van der Waals surface area contributed by atoms with Crippen molar-refractivity contribution in [3.05, 3.63) is 36.4 Å². The highest BCUT2D eigenvalue weighted by Crippen LogP contribution is 2.36. The molecule has 1 aliphatic rings. The van der Waals surface area contributed by atoms with E-state index in [0.29, 0.717) is 0 Å². The number of benzene rings is 2. The van der Waals surface area contributed by atoms with Crippen LogP contribution in [0.3, 0.4) is 0 Å². The Bertz CT molecular complexity index is 754. The zero-order valence-electron chi connectivity index (χ0n) is 14.3. The first-order chi connectivity index (χ1) is 10.7. The van der Waals surface area contributed by atoms with Crippen LogP contribution >= 0.6 is 0 Å². The third-order valence-electron chi connectivity index (χ3n) is 4.71. The van der Waals surface area contributed by atoms with Gasteiger partial charge in [-0.3, -0.25) is 4.79 Å². The molecule has 0 saturated carbocycles. The van der Waals surface area contributed by atoms with Crippen molar-refractivity contribution in [2.45, 2.75) is 45.8 Å². The molecule has 120 valence electrons. The molecule has 0 aliphatic carbocycles. The Morgan fingerprint density at radius 1 is 0.957 bits per heavy atom. The maximum absolute atomic E-state index is 11.2. The summed E-state index contributed by atoms with van der Waals surface area (Å²) in [4.78, 5) is 11.2. The molecule has 1 saturated heterocycles. The van der Waals surface area contributed by atoms with Gasteiger partial charge in [0.1, 0.15) is 0 Å². The molecule has 0 atom stereocenters. The summed E-state index contributed by atoms with van der Waals surface area (Å²) < 4.78 is 12.2. The molecule has 1 heterocycles. The van der Waals surface area contributed by atoms with Crippen LogP contribution < -0.4 is 10.8 Å². The Balaban J connectivity index is 1.91. The molecule has 1 fully saturated rings. The molecule has 2 aromatic rings. The van der Waals surface area contributed by atoms with Crippen molar-refractivity contribution in [1.29, 1.82) is 0 Å². The van der Waals surface area contributed by atoms with E-state index in [2.05, 4.69) is 11.4 Å². The predicted molar refractivity (Wildman–Crippen MR) is 94.0 cm³/mol. The van der Waals surface area contributed by atoms with E-state index in [1.165, 1.54) is 6.92 Å². The molecule has 0 aromatic heterocycles. The molecular formula is C18H22BNO3. The van der Waals surface area contributed by atoms with Gasteiger partial charge in [-0.05, 0) is 56.1 Å². The minimum absolute atomic E-state index is 0.0711. The van der Waals surface area contributed by atoms with Gasteiger partial charge in [0.2, 0.25) is 5.91 Å². The Hall–Kier alpha value is -1.85. The van der Waals surface area contributed by atoms with Crippen LogP contribution in [0.15, 0.2) is 36.4 Å². The van der Waals surface area contributed by atoms with Crippen LogP contribution in [0, 0.1) is 0 Å². The first-order valence-electron chi connectivity index (χ1n) is 7.85. The minimum atomic E-state index is -0.362. The number of carbonyl (C=O) groups excluding carboxylic acids is 1. The highest BCUT2D eigenvalue weighted by Gasteiger charge is 2.51. The van der Waals surface area contributed by atoms with Gasteiger partial charge in [0.15, 0.2) is 0 Å². The highest BCUT2D eigenvalue weighted by molar-refractivity contribution is 6.62. The normalized spacial score (nSPS) is 19.1.